The number of rotatable bonds is 4. The van der Waals surface area contributed by atoms with Gasteiger partial charge in [0.15, 0.2) is 0 Å². The molecule has 0 spiro atoms. The molecule has 2 heterocycles. The van der Waals surface area contributed by atoms with E-state index >= 15 is 0 Å². The Morgan fingerprint density at radius 1 is 1.23 bits per heavy atom. The van der Waals surface area contributed by atoms with E-state index in [1.54, 1.807) is 12.1 Å². The number of amides is 1. The average molecular weight is 393 g/mol. The fraction of sp³-hybridized carbons (Fsp3) is 0.421. The first kappa shape index (κ1) is 19.1. The first-order valence-electron chi connectivity index (χ1n) is 8.60. The Balaban J connectivity index is 1.75. The standard InChI is InChI=1S/C19H24N2O3S2/c1-19(2,3)18(22)21-9-8-14-11-17(7-6-15(14)13-21)26(23,24)20-12-16-5-4-10-25-16/h4-7,10-11,20H,8-9,12-13H2,1-3H3. The Kier molecular flexibility index (Phi) is 5.23. The smallest absolute Gasteiger partial charge is 0.240 e. The molecule has 1 aromatic carbocycles. The number of fused-ring (bicyclic) bond motifs is 1. The van der Waals surface area contributed by atoms with Gasteiger partial charge in [0.2, 0.25) is 15.9 Å². The van der Waals surface area contributed by atoms with Gasteiger partial charge in [-0.25, -0.2) is 13.1 Å². The number of sulfonamides is 1. The molecule has 7 heteroatoms. The van der Waals surface area contributed by atoms with Crippen LogP contribution in [0, 0.1) is 5.41 Å². The SMILES string of the molecule is CC(C)(C)C(=O)N1CCc2cc(S(=O)(=O)NCc3cccs3)ccc2C1. The van der Waals surface area contributed by atoms with Crippen LogP contribution in [0.4, 0.5) is 0 Å². The van der Waals surface area contributed by atoms with Gasteiger partial charge in [0, 0.05) is 29.9 Å². The highest BCUT2D eigenvalue weighted by Crippen LogP contribution is 2.26. The number of carbonyl (C=O) groups is 1. The summed E-state index contributed by atoms with van der Waals surface area (Å²) < 4.78 is 27.7. The molecule has 0 unspecified atom stereocenters. The Morgan fingerprint density at radius 3 is 2.65 bits per heavy atom. The predicted octanol–water partition coefficient (Wildman–Crippen LogP) is 3.16. The molecule has 1 amide bonds. The number of hydrogen-bond acceptors (Lipinski definition) is 4. The molecule has 0 bridgehead atoms. The number of hydrogen-bond donors (Lipinski definition) is 1. The maximum absolute atomic E-state index is 12.5. The summed E-state index contributed by atoms with van der Waals surface area (Å²) in [5, 5.41) is 1.92. The highest BCUT2D eigenvalue weighted by Gasteiger charge is 2.30. The fourth-order valence-corrected chi connectivity index (χ4v) is 4.80. The molecule has 140 valence electrons. The monoisotopic (exact) mass is 392 g/mol. The molecule has 3 rings (SSSR count). The van der Waals surface area contributed by atoms with Crippen molar-refractivity contribution in [2.24, 2.45) is 5.41 Å². The summed E-state index contributed by atoms with van der Waals surface area (Å²) in [7, 11) is -3.55. The Labute approximate surface area is 159 Å². The molecule has 26 heavy (non-hydrogen) atoms. The van der Waals surface area contributed by atoms with Crippen LogP contribution in [0.3, 0.4) is 0 Å². The summed E-state index contributed by atoms with van der Waals surface area (Å²) in [6.45, 7) is 7.20. The van der Waals surface area contributed by atoms with E-state index in [0.717, 1.165) is 16.0 Å². The number of nitrogens with zero attached hydrogens (tertiary/aromatic N) is 1. The van der Waals surface area contributed by atoms with Crippen molar-refractivity contribution in [2.75, 3.05) is 6.54 Å². The van der Waals surface area contributed by atoms with Crippen molar-refractivity contribution < 1.29 is 13.2 Å². The van der Waals surface area contributed by atoms with Crippen molar-refractivity contribution in [3.8, 4) is 0 Å². The van der Waals surface area contributed by atoms with Gasteiger partial charge in [0.1, 0.15) is 0 Å². The predicted molar refractivity (Wildman–Crippen MR) is 103 cm³/mol. The van der Waals surface area contributed by atoms with Crippen molar-refractivity contribution >= 4 is 27.3 Å². The molecule has 1 N–H and O–H groups in total. The van der Waals surface area contributed by atoms with E-state index in [2.05, 4.69) is 4.72 Å². The van der Waals surface area contributed by atoms with Crippen LogP contribution in [-0.4, -0.2) is 25.8 Å². The lowest BCUT2D eigenvalue weighted by Gasteiger charge is -2.33. The van der Waals surface area contributed by atoms with Gasteiger partial charge in [0.25, 0.3) is 0 Å². The minimum atomic E-state index is -3.55. The summed E-state index contributed by atoms with van der Waals surface area (Å²) >= 11 is 1.52. The van der Waals surface area contributed by atoms with Crippen molar-refractivity contribution in [3.05, 3.63) is 51.7 Å². The van der Waals surface area contributed by atoms with Gasteiger partial charge in [-0.2, -0.15) is 0 Å². The highest BCUT2D eigenvalue weighted by molar-refractivity contribution is 7.89. The van der Waals surface area contributed by atoms with E-state index in [1.165, 1.54) is 11.3 Å². The molecule has 1 aliphatic rings. The van der Waals surface area contributed by atoms with E-state index in [4.69, 9.17) is 0 Å². The summed E-state index contributed by atoms with van der Waals surface area (Å²) in [5.41, 5.74) is 1.61. The minimum Gasteiger partial charge on any atom is -0.338 e. The van der Waals surface area contributed by atoms with Crippen LogP contribution >= 0.6 is 11.3 Å². The van der Waals surface area contributed by atoms with Crippen molar-refractivity contribution in [1.82, 2.24) is 9.62 Å². The van der Waals surface area contributed by atoms with Gasteiger partial charge in [0.05, 0.1) is 4.90 Å². The first-order chi connectivity index (χ1) is 12.2. The molecule has 1 aliphatic heterocycles. The van der Waals surface area contributed by atoms with Gasteiger partial charge in [-0.3, -0.25) is 4.79 Å². The van der Waals surface area contributed by atoms with Crippen LogP contribution in [0.15, 0.2) is 40.6 Å². The van der Waals surface area contributed by atoms with Gasteiger partial charge in [-0.05, 0) is 41.1 Å². The van der Waals surface area contributed by atoms with Crippen LogP contribution in [0.5, 0.6) is 0 Å². The van der Waals surface area contributed by atoms with Crippen molar-refractivity contribution in [2.45, 2.75) is 45.2 Å². The molecule has 1 aromatic heterocycles. The normalized spacial score (nSPS) is 15.0. The third-order valence-electron chi connectivity index (χ3n) is 4.45. The first-order valence-corrected chi connectivity index (χ1v) is 11.0. The molecular formula is C19H24N2O3S2. The molecule has 0 saturated carbocycles. The topological polar surface area (TPSA) is 66.5 Å². The Bertz CT molecular complexity index is 897. The van der Waals surface area contributed by atoms with Crippen molar-refractivity contribution in [1.29, 1.82) is 0 Å². The molecule has 0 radical (unpaired) electrons. The molecule has 2 aromatic rings. The Morgan fingerprint density at radius 2 is 2.00 bits per heavy atom. The maximum Gasteiger partial charge on any atom is 0.240 e. The number of carbonyl (C=O) groups excluding carboxylic acids is 1. The number of thiophene rings is 1. The lowest BCUT2D eigenvalue weighted by molar-refractivity contribution is -0.140. The molecule has 0 atom stereocenters. The van der Waals surface area contributed by atoms with Gasteiger partial charge in [-0.15, -0.1) is 11.3 Å². The lowest BCUT2D eigenvalue weighted by atomic mass is 9.92. The van der Waals surface area contributed by atoms with Crippen LogP contribution in [0.2, 0.25) is 0 Å². The van der Waals surface area contributed by atoms with E-state index in [9.17, 15) is 13.2 Å². The van der Waals surface area contributed by atoms with E-state index in [-0.39, 0.29) is 10.8 Å². The molecular weight excluding hydrogens is 368 g/mol. The minimum absolute atomic E-state index is 0.123. The van der Waals surface area contributed by atoms with Crippen LogP contribution in [0.25, 0.3) is 0 Å². The second kappa shape index (κ2) is 7.13. The summed E-state index contributed by atoms with van der Waals surface area (Å²) in [6, 6.07) is 9.00. The zero-order valence-corrected chi connectivity index (χ0v) is 16.9. The second-order valence-electron chi connectivity index (χ2n) is 7.56. The van der Waals surface area contributed by atoms with E-state index < -0.39 is 15.4 Å². The summed E-state index contributed by atoms with van der Waals surface area (Å²) in [4.78, 5) is 15.6. The van der Waals surface area contributed by atoms with Crippen molar-refractivity contribution in [3.63, 3.8) is 0 Å². The molecule has 0 fully saturated rings. The maximum atomic E-state index is 12.5. The van der Waals surface area contributed by atoms with Crippen LogP contribution < -0.4 is 4.72 Å². The number of nitrogens with one attached hydrogen (secondary N) is 1. The lowest BCUT2D eigenvalue weighted by Crippen LogP contribution is -2.42. The largest absolute Gasteiger partial charge is 0.338 e. The van der Waals surface area contributed by atoms with E-state index in [1.807, 2.05) is 49.3 Å². The van der Waals surface area contributed by atoms with Gasteiger partial charge in [-0.1, -0.05) is 32.9 Å². The zero-order valence-electron chi connectivity index (χ0n) is 15.3. The van der Waals surface area contributed by atoms with E-state index in [0.29, 0.717) is 26.1 Å². The highest BCUT2D eigenvalue weighted by atomic mass is 32.2. The quantitative estimate of drug-likeness (QED) is 0.869. The Hall–Kier alpha value is -1.70. The molecule has 5 nitrogen and oxygen atoms in total. The summed E-state index contributed by atoms with van der Waals surface area (Å²) in [5.74, 6) is 0.123. The molecule has 0 aliphatic carbocycles. The zero-order chi connectivity index (χ0) is 18.9. The average Bonchev–Trinajstić information content (AvgIpc) is 3.11. The van der Waals surface area contributed by atoms with Gasteiger partial charge >= 0.3 is 0 Å². The van der Waals surface area contributed by atoms with Crippen LogP contribution in [0.1, 0.15) is 36.8 Å². The summed E-state index contributed by atoms with van der Waals surface area (Å²) in [6.07, 6.45) is 0.672. The number of benzene rings is 1. The third-order valence-corrected chi connectivity index (χ3v) is 6.72. The third kappa shape index (κ3) is 4.16. The molecule has 0 saturated heterocycles. The fourth-order valence-electron chi connectivity index (χ4n) is 3.01. The van der Waals surface area contributed by atoms with Gasteiger partial charge < -0.3 is 4.90 Å². The van der Waals surface area contributed by atoms with Crippen LogP contribution in [-0.2, 0) is 34.3 Å². The second-order valence-corrected chi connectivity index (χ2v) is 10.4.